The van der Waals surface area contributed by atoms with Crippen molar-refractivity contribution in [2.24, 2.45) is 5.41 Å². The summed E-state index contributed by atoms with van der Waals surface area (Å²) in [7, 11) is 1.70. The monoisotopic (exact) mass is 427 g/mol. The van der Waals surface area contributed by atoms with Crippen molar-refractivity contribution in [2.45, 2.75) is 26.2 Å². The van der Waals surface area contributed by atoms with Crippen molar-refractivity contribution >= 4 is 11.8 Å². The van der Waals surface area contributed by atoms with E-state index in [9.17, 15) is 9.59 Å². The van der Waals surface area contributed by atoms with Crippen LogP contribution >= 0.6 is 0 Å². The third kappa shape index (κ3) is 4.28. The van der Waals surface area contributed by atoms with E-state index in [4.69, 9.17) is 0 Å². The predicted octanol–water partition coefficient (Wildman–Crippen LogP) is 4.27. The maximum absolute atomic E-state index is 13.1. The molecule has 1 aromatic heterocycles. The van der Waals surface area contributed by atoms with Gasteiger partial charge in [0.25, 0.3) is 5.91 Å². The zero-order valence-corrected chi connectivity index (χ0v) is 18.7. The number of aromatic nitrogens is 1. The van der Waals surface area contributed by atoms with Gasteiger partial charge in [-0.25, -0.2) is 0 Å². The molecule has 0 spiro atoms. The van der Waals surface area contributed by atoms with Gasteiger partial charge in [-0.15, -0.1) is 0 Å². The molecule has 0 radical (unpaired) electrons. The van der Waals surface area contributed by atoms with Gasteiger partial charge in [-0.3, -0.25) is 14.6 Å². The zero-order valence-electron chi connectivity index (χ0n) is 18.7. The lowest BCUT2D eigenvalue weighted by Crippen LogP contribution is -2.50. The second-order valence-electron chi connectivity index (χ2n) is 8.52. The largest absolute Gasteiger partial charge is 0.359 e. The van der Waals surface area contributed by atoms with Crippen molar-refractivity contribution in [3.05, 3.63) is 89.7 Å². The molecular formula is C27H29N3O2. The van der Waals surface area contributed by atoms with Crippen molar-refractivity contribution in [3.8, 4) is 11.1 Å². The highest BCUT2D eigenvalue weighted by atomic mass is 16.2. The first-order valence-corrected chi connectivity index (χ1v) is 11.1. The molecule has 1 aliphatic rings. The second kappa shape index (κ2) is 9.35. The summed E-state index contributed by atoms with van der Waals surface area (Å²) in [5.41, 5.74) is 4.64. The summed E-state index contributed by atoms with van der Waals surface area (Å²) in [6.07, 6.45) is 3.51. The Kier molecular flexibility index (Phi) is 6.35. The van der Waals surface area contributed by atoms with E-state index in [0.29, 0.717) is 38.0 Å². The van der Waals surface area contributed by atoms with Crippen molar-refractivity contribution < 1.29 is 9.59 Å². The lowest BCUT2D eigenvalue weighted by molar-refractivity contribution is -0.133. The van der Waals surface area contributed by atoms with Crippen LogP contribution in [0.25, 0.3) is 11.1 Å². The van der Waals surface area contributed by atoms with Crippen LogP contribution in [-0.2, 0) is 11.2 Å². The molecule has 1 fully saturated rings. The van der Waals surface area contributed by atoms with E-state index >= 15 is 0 Å². The number of benzene rings is 2. The number of hydrogen-bond acceptors (Lipinski definition) is 3. The topological polar surface area (TPSA) is 62.3 Å². The van der Waals surface area contributed by atoms with E-state index < -0.39 is 5.41 Å². The van der Waals surface area contributed by atoms with Gasteiger partial charge in [0.05, 0.1) is 5.41 Å². The molecule has 1 aliphatic heterocycles. The summed E-state index contributed by atoms with van der Waals surface area (Å²) in [4.78, 5) is 32.0. The normalized spacial score (nSPS) is 15.2. The van der Waals surface area contributed by atoms with E-state index in [-0.39, 0.29) is 11.8 Å². The number of carbonyl (C=O) groups excluding carboxylic acids is 2. The number of nitrogens with zero attached hydrogens (tertiary/aromatic N) is 2. The first kappa shape index (κ1) is 21.8. The molecule has 5 nitrogen and oxygen atoms in total. The van der Waals surface area contributed by atoms with Crippen molar-refractivity contribution in [3.63, 3.8) is 0 Å². The fraction of sp³-hybridized carbons (Fsp3) is 0.296. The molecule has 164 valence electrons. The number of piperidine rings is 1. The molecule has 1 saturated heterocycles. The van der Waals surface area contributed by atoms with Crippen LogP contribution < -0.4 is 5.32 Å². The maximum Gasteiger partial charge on any atom is 0.272 e. The van der Waals surface area contributed by atoms with Crippen LogP contribution in [0.3, 0.4) is 0 Å². The van der Waals surface area contributed by atoms with Crippen molar-refractivity contribution in [1.29, 1.82) is 0 Å². The average molecular weight is 428 g/mol. The number of hydrogen-bond donors (Lipinski definition) is 1. The Morgan fingerprint density at radius 3 is 2.25 bits per heavy atom. The molecule has 32 heavy (non-hydrogen) atoms. The molecule has 2 amide bonds. The standard InChI is InChI=1S/C27H29N3O2/c1-20-9-3-5-11-22(20)23-12-6-4-10-21(23)19-27(26(32)28-2)14-17-30(18-15-27)25(31)24-13-7-8-16-29-24/h3-13,16H,14-15,17-19H2,1-2H3,(H,28,32). The lowest BCUT2D eigenvalue weighted by atomic mass is 9.72. The average Bonchev–Trinajstić information content (AvgIpc) is 2.85. The summed E-state index contributed by atoms with van der Waals surface area (Å²) >= 11 is 0. The van der Waals surface area contributed by atoms with Crippen LogP contribution in [0.1, 0.15) is 34.5 Å². The summed E-state index contributed by atoms with van der Waals surface area (Å²) in [5, 5.41) is 2.89. The van der Waals surface area contributed by atoms with E-state index in [1.165, 1.54) is 16.7 Å². The summed E-state index contributed by atoms with van der Waals surface area (Å²) in [6.45, 7) is 3.19. The minimum absolute atomic E-state index is 0.0435. The molecule has 0 atom stereocenters. The summed E-state index contributed by atoms with van der Waals surface area (Å²) in [6, 6.07) is 22.0. The number of likely N-dealkylation sites (tertiary alicyclic amines) is 1. The Morgan fingerprint density at radius 2 is 1.59 bits per heavy atom. The molecule has 2 heterocycles. The highest BCUT2D eigenvalue weighted by molar-refractivity contribution is 5.92. The van der Waals surface area contributed by atoms with Gasteiger partial charge in [0.1, 0.15) is 5.69 Å². The Labute approximate surface area is 189 Å². The molecular weight excluding hydrogens is 398 g/mol. The summed E-state index contributed by atoms with van der Waals surface area (Å²) in [5.74, 6) is -0.0292. The Hall–Kier alpha value is -3.47. The van der Waals surface area contributed by atoms with Gasteiger partial charge in [0.2, 0.25) is 5.91 Å². The number of carbonyl (C=O) groups is 2. The summed E-state index contributed by atoms with van der Waals surface area (Å²) < 4.78 is 0. The number of pyridine rings is 1. The molecule has 5 heteroatoms. The third-order valence-electron chi connectivity index (χ3n) is 6.58. The molecule has 0 bridgehead atoms. The van der Waals surface area contributed by atoms with Gasteiger partial charge in [-0.1, -0.05) is 54.6 Å². The zero-order chi connectivity index (χ0) is 22.6. The number of rotatable bonds is 5. The molecule has 3 aromatic rings. The molecule has 0 unspecified atom stereocenters. The molecule has 2 aromatic carbocycles. The van der Waals surface area contributed by atoms with Crippen molar-refractivity contribution in [1.82, 2.24) is 15.2 Å². The fourth-order valence-electron chi connectivity index (χ4n) is 4.72. The van der Waals surface area contributed by atoms with Gasteiger partial charge in [0.15, 0.2) is 0 Å². The maximum atomic E-state index is 13.1. The first-order valence-electron chi connectivity index (χ1n) is 11.1. The quantitative estimate of drug-likeness (QED) is 0.662. The van der Waals surface area contributed by atoms with E-state index in [1.807, 2.05) is 29.2 Å². The molecule has 0 aliphatic carbocycles. The molecule has 4 rings (SSSR count). The third-order valence-corrected chi connectivity index (χ3v) is 6.58. The Bertz CT molecular complexity index is 1100. The van der Waals surface area contributed by atoms with E-state index in [2.05, 4.69) is 47.6 Å². The number of aryl methyl sites for hydroxylation is 1. The Balaban J connectivity index is 1.60. The molecule has 0 saturated carbocycles. The smallest absolute Gasteiger partial charge is 0.272 e. The fourth-order valence-corrected chi connectivity index (χ4v) is 4.72. The van der Waals surface area contributed by atoms with E-state index in [0.717, 1.165) is 5.56 Å². The number of amides is 2. The van der Waals surface area contributed by atoms with Crippen LogP contribution in [0, 0.1) is 12.3 Å². The second-order valence-corrected chi connectivity index (χ2v) is 8.52. The minimum Gasteiger partial charge on any atom is -0.359 e. The van der Waals surface area contributed by atoms with Crippen LogP contribution in [-0.4, -0.2) is 41.8 Å². The van der Waals surface area contributed by atoms with Gasteiger partial charge < -0.3 is 10.2 Å². The van der Waals surface area contributed by atoms with Crippen LogP contribution in [0.2, 0.25) is 0 Å². The van der Waals surface area contributed by atoms with Gasteiger partial charge >= 0.3 is 0 Å². The van der Waals surface area contributed by atoms with Crippen molar-refractivity contribution in [2.75, 3.05) is 20.1 Å². The van der Waals surface area contributed by atoms with Gasteiger partial charge in [-0.2, -0.15) is 0 Å². The van der Waals surface area contributed by atoms with Crippen LogP contribution in [0.15, 0.2) is 72.9 Å². The highest BCUT2D eigenvalue weighted by Gasteiger charge is 2.42. The van der Waals surface area contributed by atoms with Gasteiger partial charge in [-0.05, 0) is 60.6 Å². The van der Waals surface area contributed by atoms with Crippen LogP contribution in [0.5, 0.6) is 0 Å². The minimum atomic E-state index is -0.547. The van der Waals surface area contributed by atoms with E-state index in [1.54, 1.807) is 25.4 Å². The number of nitrogens with one attached hydrogen (secondary N) is 1. The Morgan fingerprint density at radius 1 is 0.938 bits per heavy atom. The lowest BCUT2D eigenvalue weighted by Gasteiger charge is -2.40. The predicted molar refractivity (Wildman–Crippen MR) is 126 cm³/mol. The highest BCUT2D eigenvalue weighted by Crippen LogP contribution is 2.39. The first-order chi connectivity index (χ1) is 15.5. The molecule has 1 N–H and O–H groups in total. The van der Waals surface area contributed by atoms with Crippen LogP contribution in [0.4, 0.5) is 0 Å². The van der Waals surface area contributed by atoms with Gasteiger partial charge in [0, 0.05) is 26.3 Å². The SMILES string of the molecule is CNC(=O)C1(Cc2ccccc2-c2ccccc2C)CCN(C(=O)c2ccccn2)CC1.